The Hall–Kier alpha value is -1.16. The molecule has 2 atom stereocenters. The van der Waals surface area contributed by atoms with Crippen molar-refractivity contribution in [1.29, 1.82) is 0 Å². The Bertz CT molecular complexity index is 455. The molecule has 1 aromatic carbocycles. The molecule has 1 N–H and O–H groups in total. The van der Waals surface area contributed by atoms with Gasteiger partial charge in [0.15, 0.2) is 11.6 Å². The lowest BCUT2D eigenvalue weighted by atomic mass is 9.62. The molecule has 18 heavy (non-hydrogen) atoms. The van der Waals surface area contributed by atoms with Crippen LogP contribution < -0.4 is 4.74 Å². The molecule has 2 aliphatic rings. The van der Waals surface area contributed by atoms with Gasteiger partial charge in [-0.2, -0.15) is 0 Å². The van der Waals surface area contributed by atoms with Crippen LogP contribution in [0.1, 0.15) is 32.1 Å². The van der Waals surface area contributed by atoms with Crippen molar-refractivity contribution in [2.75, 3.05) is 0 Å². The van der Waals surface area contributed by atoms with Gasteiger partial charge in [0.05, 0.1) is 6.10 Å². The maximum Gasteiger partial charge on any atom is 0.167 e. The number of aliphatic hydroxyl groups excluding tert-OH is 1. The predicted molar refractivity (Wildman–Crippen MR) is 62.3 cm³/mol. The second-order valence-corrected chi connectivity index (χ2v) is 5.37. The summed E-state index contributed by atoms with van der Waals surface area (Å²) in [7, 11) is 0. The fraction of sp³-hybridized carbons (Fsp3) is 0.571. The summed E-state index contributed by atoms with van der Waals surface area (Å²) in [5.74, 6) is -1.20. The maximum atomic E-state index is 13.5. The fourth-order valence-electron chi connectivity index (χ4n) is 3.30. The molecule has 1 spiro atoms. The van der Waals surface area contributed by atoms with Crippen LogP contribution in [0.15, 0.2) is 18.2 Å². The highest BCUT2D eigenvalue weighted by atomic mass is 19.1. The fourth-order valence-corrected chi connectivity index (χ4v) is 3.30. The van der Waals surface area contributed by atoms with Crippen molar-refractivity contribution in [3.05, 3.63) is 29.8 Å². The van der Waals surface area contributed by atoms with Crippen molar-refractivity contribution in [1.82, 2.24) is 0 Å². The molecule has 0 amide bonds. The third-order valence-electron chi connectivity index (χ3n) is 4.44. The van der Waals surface area contributed by atoms with E-state index in [9.17, 15) is 13.9 Å². The summed E-state index contributed by atoms with van der Waals surface area (Å²) in [6, 6.07) is 3.33. The Balaban J connectivity index is 1.77. The molecule has 2 aliphatic carbocycles. The Morgan fingerprint density at radius 1 is 1.22 bits per heavy atom. The van der Waals surface area contributed by atoms with Crippen molar-refractivity contribution >= 4 is 0 Å². The molecule has 0 bridgehead atoms. The smallest absolute Gasteiger partial charge is 0.167 e. The molecule has 1 aromatic rings. The van der Waals surface area contributed by atoms with Gasteiger partial charge >= 0.3 is 0 Å². The molecule has 2 nitrogen and oxygen atoms in total. The van der Waals surface area contributed by atoms with Gasteiger partial charge in [-0.25, -0.2) is 8.78 Å². The number of hydrogen-bond acceptors (Lipinski definition) is 2. The summed E-state index contributed by atoms with van der Waals surface area (Å²) >= 11 is 0. The van der Waals surface area contributed by atoms with Crippen LogP contribution in [0.25, 0.3) is 0 Å². The molecule has 0 aliphatic heterocycles. The van der Waals surface area contributed by atoms with Gasteiger partial charge in [-0.3, -0.25) is 0 Å². The van der Waals surface area contributed by atoms with Crippen LogP contribution >= 0.6 is 0 Å². The van der Waals surface area contributed by atoms with Gasteiger partial charge in [0.1, 0.15) is 11.9 Å². The zero-order chi connectivity index (χ0) is 12.8. The third kappa shape index (κ3) is 1.70. The van der Waals surface area contributed by atoms with E-state index in [1.807, 2.05) is 0 Å². The van der Waals surface area contributed by atoms with E-state index in [0.29, 0.717) is 6.42 Å². The van der Waals surface area contributed by atoms with Gasteiger partial charge < -0.3 is 9.84 Å². The zero-order valence-corrected chi connectivity index (χ0v) is 10.0. The molecule has 98 valence electrons. The van der Waals surface area contributed by atoms with Gasteiger partial charge in [-0.1, -0.05) is 12.8 Å². The highest BCUT2D eigenvalue weighted by Crippen LogP contribution is 2.54. The SMILES string of the molecule is OC1CC(Oc2ccc(F)cc2F)C12CCCC2. The summed E-state index contributed by atoms with van der Waals surface area (Å²) in [6.07, 6.45) is 4.09. The lowest BCUT2D eigenvalue weighted by Crippen LogP contribution is -2.58. The molecule has 0 radical (unpaired) electrons. The molecule has 4 heteroatoms. The first-order valence-corrected chi connectivity index (χ1v) is 6.41. The topological polar surface area (TPSA) is 29.5 Å². The Kier molecular flexibility index (Phi) is 2.77. The van der Waals surface area contributed by atoms with E-state index in [2.05, 4.69) is 0 Å². The maximum absolute atomic E-state index is 13.5. The average Bonchev–Trinajstić information content (AvgIpc) is 2.83. The molecule has 0 aromatic heterocycles. The van der Waals surface area contributed by atoms with Crippen LogP contribution in [0.5, 0.6) is 5.75 Å². The van der Waals surface area contributed by atoms with E-state index in [4.69, 9.17) is 4.74 Å². The first-order chi connectivity index (χ1) is 8.62. The van der Waals surface area contributed by atoms with Crippen LogP contribution in [0.2, 0.25) is 0 Å². The van der Waals surface area contributed by atoms with Crippen molar-refractivity contribution in [2.45, 2.75) is 44.3 Å². The minimum atomic E-state index is -0.676. The van der Waals surface area contributed by atoms with Crippen molar-refractivity contribution in [3.8, 4) is 5.75 Å². The number of halogens is 2. The number of hydrogen-bond donors (Lipinski definition) is 1. The van der Waals surface area contributed by atoms with Gasteiger partial charge in [0.25, 0.3) is 0 Å². The summed E-state index contributed by atoms with van der Waals surface area (Å²) in [4.78, 5) is 0. The molecule has 0 heterocycles. The number of ether oxygens (including phenoxy) is 1. The lowest BCUT2D eigenvalue weighted by Gasteiger charge is -2.51. The van der Waals surface area contributed by atoms with Crippen LogP contribution in [-0.4, -0.2) is 17.3 Å². The van der Waals surface area contributed by atoms with E-state index >= 15 is 0 Å². The Morgan fingerprint density at radius 3 is 2.56 bits per heavy atom. The summed E-state index contributed by atoms with van der Waals surface area (Å²) in [5, 5.41) is 9.93. The molecule has 0 saturated heterocycles. The van der Waals surface area contributed by atoms with E-state index in [1.54, 1.807) is 0 Å². The Labute approximate surface area is 105 Å². The molecular weight excluding hydrogens is 238 g/mol. The van der Waals surface area contributed by atoms with Crippen molar-refractivity contribution in [3.63, 3.8) is 0 Å². The lowest BCUT2D eigenvalue weighted by molar-refractivity contribution is -0.152. The van der Waals surface area contributed by atoms with Gasteiger partial charge in [-0.15, -0.1) is 0 Å². The monoisotopic (exact) mass is 254 g/mol. The predicted octanol–water partition coefficient (Wildman–Crippen LogP) is 3.04. The van der Waals surface area contributed by atoms with Crippen molar-refractivity contribution < 1.29 is 18.6 Å². The average molecular weight is 254 g/mol. The summed E-state index contributed by atoms with van der Waals surface area (Å²) in [6.45, 7) is 0. The van der Waals surface area contributed by atoms with Crippen LogP contribution in [0, 0.1) is 17.0 Å². The first kappa shape index (κ1) is 11.9. The van der Waals surface area contributed by atoms with Crippen LogP contribution in [0.3, 0.4) is 0 Å². The molecule has 3 rings (SSSR count). The minimum Gasteiger partial charge on any atom is -0.487 e. The number of benzene rings is 1. The molecule has 2 fully saturated rings. The van der Waals surface area contributed by atoms with Crippen molar-refractivity contribution in [2.24, 2.45) is 5.41 Å². The van der Waals surface area contributed by atoms with Crippen LogP contribution in [0.4, 0.5) is 8.78 Å². The van der Waals surface area contributed by atoms with Gasteiger partial charge in [0.2, 0.25) is 0 Å². The molecule has 2 saturated carbocycles. The Morgan fingerprint density at radius 2 is 1.94 bits per heavy atom. The first-order valence-electron chi connectivity index (χ1n) is 6.41. The highest BCUT2D eigenvalue weighted by molar-refractivity contribution is 5.26. The quantitative estimate of drug-likeness (QED) is 0.879. The van der Waals surface area contributed by atoms with Gasteiger partial charge in [-0.05, 0) is 25.0 Å². The summed E-state index contributed by atoms with van der Waals surface area (Å²) in [5.41, 5.74) is -0.194. The minimum absolute atomic E-state index is 0.0829. The van der Waals surface area contributed by atoms with E-state index in [1.165, 1.54) is 12.1 Å². The summed E-state index contributed by atoms with van der Waals surface area (Å²) < 4.78 is 32.0. The number of aliphatic hydroxyl groups is 1. The van der Waals surface area contributed by atoms with E-state index in [0.717, 1.165) is 31.7 Å². The zero-order valence-electron chi connectivity index (χ0n) is 10.0. The standard InChI is InChI=1S/C14H16F2O2/c15-9-3-4-11(10(16)7-9)18-13-8-12(17)14(13)5-1-2-6-14/h3-4,7,12-13,17H,1-2,5-6,8H2. The largest absolute Gasteiger partial charge is 0.487 e. The molecule has 2 unspecified atom stereocenters. The third-order valence-corrected chi connectivity index (χ3v) is 4.44. The van der Waals surface area contributed by atoms with Crippen LogP contribution in [-0.2, 0) is 0 Å². The van der Waals surface area contributed by atoms with Gasteiger partial charge in [0, 0.05) is 17.9 Å². The van der Waals surface area contributed by atoms with E-state index in [-0.39, 0.29) is 23.4 Å². The normalized spacial score (nSPS) is 29.3. The second kappa shape index (κ2) is 4.19. The van der Waals surface area contributed by atoms with E-state index < -0.39 is 11.6 Å². The highest BCUT2D eigenvalue weighted by Gasteiger charge is 2.57. The number of rotatable bonds is 2. The molecular formula is C14H16F2O2. The second-order valence-electron chi connectivity index (χ2n) is 5.37.